The first kappa shape index (κ1) is 12.4. The molecule has 0 N–H and O–H groups in total. The van der Waals surface area contributed by atoms with E-state index in [9.17, 15) is 5.26 Å². The van der Waals surface area contributed by atoms with Crippen molar-refractivity contribution in [3.63, 3.8) is 0 Å². The van der Waals surface area contributed by atoms with Gasteiger partial charge >= 0.3 is 0 Å². The van der Waals surface area contributed by atoms with E-state index in [1.54, 1.807) is 12.1 Å². The van der Waals surface area contributed by atoms with Gasteiger partial charge in [0.15, 0.2) is 0 Å². The lowest BCUT2D eigenvalue weighted by atomic mass is 9.35. The average molecular weight is 295 g/mol. The molecule has 0 spiro atoms. The van der Waals surface area contributed by atoms with Crippen LogP contribution in [0.15, 0.2) is 60.7 Å². The Balaban J connectivity index is 1.87. The van der Waals surface area contributed by atoms with Gasteiger partial charge in [-0.3, -0.25) is 0 Å². The van der Waals surface area contributed by atoms with Crippen molar-refractivity contribution in [1.29, 1.82) is 5.26 Å². The van der Waals surface area contributed by atoms with Gasteiger partial charge in [-0.1, -0.05) is 36.4 Å². The summed E-state index contributed by atoms with van der Waals surface area (Å²) in [6, 6.07) is 21.8. The van der Waals surface area contributed by atoms with Crippen LogP contribution in [0.1, 0.15) is 5.56 Å². The number of hydrogen-bond acceptors (Lipinski definition) is 3. The third-order valence-corrected chi connectivity index (χ3v) is 4.42. The summed E-state index contributed by atoms with van der Waals surface area (Å²) in [6.45, 7) is 0.0719. The summed E-state index contributed by atoms with van der Waals surface area (Å²) in [5.41, 5.74) is 3.79. The Morgan fingerprint density at radius 2 is 1.26 bits per heavy atom. The first-order valence-corrected chi connectivity index (χ1v) is 7.47. The lowest BCUT2D eigenvalue weighted by molar-refractivity contribution is 0.464. The van der Waals surface area contributed by atoms with Crippen LogP contribution in [0.5, 0.6) is 23.0 Å². The van der Waals surface area contributed by atoms with E-state index in [0.717, 1.165) is 27.9 Å². The zero-order chi connectivity index (χ0) is 15.4. The van der Waals surface area contributed by atoms with E-state index in [0.29, 0.717) is 17.1 Å². The molecule has 3 aromatic carbocycles. The van der Waals surface area contributed by atoms with Gasteiger partial charge in [0.1, 0.15) is 23.0 Å². The van der Waals surface area contributed by atoms with Crippen molar-refractivity contribution in [2.75, 3.05) is 0 Å². The number of ether oxygens (including phenoxy) is 2. The summed E-state index contributed by atoms with van der Waals surface area (Å²) in [5.74, 6) is 3.08. The molecule has 0 bridgehead atoms. The molecule has 106 valence electrons. The van der Waals surface area contributed by atoms with Gasteiger partial charge in [-0.25, -0.2) is 0 Å². The Kier molecular flexibility index (Phi) is 2.37. The topological polar surface area (TPSA) is 42.2 Å². The lowest BCUT2D eigenvalue weighted by Gasteiger charge is -2.32. The molecule has 0 unspecified atom stereocenters. The third kappa shape index (κ3) is 1.65. The molecule has 3 nitrogen and oxygen atoms in total. The van der Waals surface area contributed by atoms with Crippen LogP contribution in [-0.4, -0.2) is 6.71 Å². The Hall–Kier alpha value is -3.19. The van der Waals surface area contributed by atoms with Crippen molar-refractivity contribution in [2.45, 2.75) is 0 Å². The minimum absolute atomic E-state index is 0.0719. The van der Waals surface area contributed by atoms with E-state index in [-0.39, 0.29) is 6.71 Å². The van der Waals surface area contributed by atoms with Crippen LogP contribution in [0.25, 0.3) is 0 Å². The minimum atomic E-state index is 0.0719. The maximum absolute atomic E-state index is 9.27. The van der Waals surface area contributed by atoms with Crippen LogP contribution in [0.4, 0.5) is 0 Å². The van der Waals surface area contributed by atoms with Crippen LogP contribution in [0.2, 0.25) is 0 Å². The molecule has 0 amide bonds. The fourth-order valence-electron chi connectivity index (χ4n) is 3.46. The molecule has 0 fully saturated rings. The highest BCUT2D eigenvalue weighted by molar-refractivity contribution is 6.98. The Morgan fingerprint density at radius 3 is 1.78 bits per heavy atom. The standard InChI is InChI=1S/C19H10BNO2/c21-11-12-9-17-19-18(10-12)23-16-8-4-2-6-14(16)20(19)13-5-1-3-7-15(13)22-17/h1-10H. The summed E-state index contributed by atoms with van der Waals surface area (Å²) in [7, 11) is 0. The molecule has 0 radical (unpaired) electrons. The number of nitriles is 1. The quantitative estimate of drug-likeness (QED) is 0.412. The molecule has 3 aromatic rings. The molecule has 4 heteroatoms. The van der Waals surface area contributed by atoms with E-state index in [1.165, 1.54) is 0 Å². The molecule has 0 atom stereocenters. The second-order valence-electron chi connectivity index (χ2n) is 5.71. The monoisotopic (exact) mass is 295 g/mol. The van der Waals surface area contributed by atoms with Gasteiger partial charge < -0.3 is 9.47 Å². The van der Waals surface area contributed by atoms with Crippen molar-refractivity contribution in [3.8, 4) is 29.1 Å². The van der Waals surface area contributed by atoms with Crippen molar-refractivity contribution in [1.82, 2.24) is 0 Å². The van der Waals surface area contributed by atoms with Gasteiger partial charge in [0.25, 0.3) is 6.71 Å². The van der Waals surface area contributed by atoms with Crippen molar-refractivity contribution in [3.05, 3.63) is 66.2 Å². The minimum Gasteiger partial charge on any atom is -0.458 e. The number of hydrogen-bond donors (Lipinski definition) is 0. The molecule has 2 heterocycles. The smallest absolute Gasteiger partial charge is 0.260 e. The van der Waals surface area contributed by atoms with E-state index < -0.39 is 0 Å². The highest BCUT2D eigenvalue weighted by Gasteiger charge is 2.39. The Labute approximate surface area is 133 Å². The van der Waals surface area contributed by atoms with Crippen LogP contribution >= 0.6 is 0 Å². The lowest BCUT2D eigenvalue weighted by Crippen LogP contribution is -2.57. The maximum atomic E-state index is 9.27. The molecule has 23 heavy (non-hydrogen) atoms. The molecule has 2 aliphatic heterocycles. The van der Waals surface area contributed by atoms with Crippen molar-refractivity contribution in [2.24, 2.45) is 0 Å². The van der Waals surface area contributed by atoms with Gasteiger partial charge in [-0.05, 0) is 35.2 Å². The van der Waals surface area contributed by atoms with Crippen LogP contribution in [0, 0.1) is 11.3 Å². The predicted molar refractivity (Wildman–Crippen MR) is 88.8 cm³/mol. The first-order chi connectivity index (χ1) is 11.3. The summed E-state index contributed by atoms with van der Waals surface area (Å²) < 4.78 is 12.1. The van der Waals surface area contributed by atoms with Crippen LogP contribution in [0.3, 0.4) is 0 Å². The highest BCUT2D eigenvalue weighted by atomic mass is 16.5. The second kappa shape index (κ2) is 4.41. The van der Waals surface area contributed by atoms with Gasteiger partial charge in [-0.2, -0.15) is 5.26 Å². The van der Waals surface area contributed by atoms with E-state index >= 15 is 0 Å². The third-order valence-electron chi connectivity index (χ3n) is 4.42. The van der Waals surface area contributed by atoms with Gasteiger partial charge in [0.2, 0.25) is 0 Å². The fourth-order valence-corrected chi connectivity index (χ4v) is 3.46. The van der Waals surface area contributed by atoms with Crippen molar-refractivity contribution >= 4 is 23.1 Å². The van der Waals surface area contributed by atoms with Gasteiger partial charge in [-0.15, -0.1) is 0 Å². The Bertz CT molecular complexity index is 936. The molecular weight excluding hydrogens is 285 g/mol. The molecule has 0 aliphatic carbocycles. The van der Waals surface area contributed by atoms with E-state index in [2.05, 4.69) is 18.2 Å². The molecule has 5 rings (SSSR count). The largest absolute Gasteiger partial charge is 0.458 e. The average Bonchev–Trinajstić information content (AvgIpc) is 2.61. The summed E-state index contributed by atoms with van der Waals surface area (Å²) in [5, 5.41) is 9.27. The van der Waals surface area contributed by atoms with E-state index in [4.69, 9.17) is 9.47 Å². The van der Waals surface area contributed by atoms with E-state index in [1.807, 2.05) is 36.4 Å². The maximum Gasteiger partial charge on any atom is 0.260 e. The first-order valence-electron chi connectivity index (χ1n) is 7.47. The number of rotatable bonds is 0. The fraction of sp³-hybridized carbons (Fsp3) is 0. The Morgan fingerprint density at radius 1 is 0.739 bits per heavy atom. The van der Waals surface area contributed by atoms with Gasteiger partial charge in [0, 0.05) is 5.46 Å². The normalized spacial score (nSPS) is 12.9. The number of nitrogens with zero attached hydrogens (tertiary/aromatic N) is 1. The summed E-state index contributed by atoms with van der Waals surface area (Å²) in [6.07, 6.45) is 0. The molecule has 0 aromatic heterocycles. The number of benzene rings is 3. The predicted octanol–water partition coefficient (Wildman–Crippen LogP) is 2.29. The molecule has 0 saturated heterocycles. The SMILES string of the molecule is N#Cc1cc2c3c(c1)Oc1ccccc1B3c1ccccc1O2. The van der Waals surface area contributed by atoms with Crippen LogP contribution in [-0.2, 0) is 0 Å². The molecule has 0 saturated carbocycles. The second-order valence-corrected chi connectivity index (χ2v) is 5.71. The highest BCUT2D eigenvalue weighted by Crippen LogP contribution is 2.34. The van der Waals surface area contributed by atoms with Gasteiger partial charge in [0.05, 0.1) is 11.6 Å². The van der Waals surface area contributed by atoms with Crippen molar-refractivity contribution < 1.29 is 9.47 Å². The summed E-state index contributed by atoms with van der Waals surface area (Å²) in [4.78, 5) is 0. The zero-order valence-electron chi connectivity index (χ0n) is 12.1. The zero-order valence-corrected chi connectivity index (χ0v) is 12.1. The summed E-state index contributed by atoms with van der Waals surface area (Å²) >= 11 is 0. The number of fused-ring (bicyclic) bond motifs is 4. The molecule has 2 aliphatic rings. The molecular formula is C19H10BNO2. The number of para-hydroxylation sites is 2. The van der Waals surface area contributed by atoms with Crippen LogP contribution < -0.4 is 25.9 Å².